The lowest BCUT2D eigenvalue weighted by Crippen LogP contribution is -2.33. The summed E-state index contributed by atoms with van der Waals surface area (Å²) in [5, 5.41) is 3.41. The average molecular weight is 560 g/mol. The van der Waals surface area contributed by atoms with E-state index in [1.165, 1.54) is 89.0 Å². The fourth-order valence-electron chi connectivity index (χ4n) is 4.63. The van der Waals surface area contributed by atoms with Crippen molar-refractivity contribution in [3.8, 4) is 11.5 Å². The maximum absolute atomic E-state index is 12.2. The Hall–Kier alpha value is -2.27. The molecule has 1 N–H and O–H groups in total. The van der Waals surface area contributed by atoms with Gasteiger partial charge < -0.3 is 14.8 Å². The number of rotatable bonds is 23. The standard InChI is InChI=1S/C33H51ClN2O3/c1-3-5-6-7-8-9-10-11-12-13-14-15-16-17-25-38-32-21-20-30(26-31(32)34)39-28-33(37)35-23-22-29-19-18-24-36(4-2)27-29/h18-21,24,26-27H,3-17,22-23,25,28H2,1-2H3/p+1. The first-order valence-corrected chi connectivity index (χ1v) is 15.8. The van der Waals surface area contributed by atoms with Crippen LogP contribution in [-0.4, -0.2) is 25.7 Å². The second-order valence-corrected chi connectivity index (χ2v) is 10.9. The first-order valence-electron chi connectivity index (χ1n) is 15.4. The van der Waals surface area contributed by atoms with E-state index in [0.29, 0.717) is 29.7 Å². The molecule has 2 aromatic rings. The minimum absolute atomic E-state index is 0.0423. The van der Waals surface area contributed by atoms with Crippen LogP contribution in [0.2, 0.25) is 5.02 Å². The number of carbonyl (C=O) groups excluding carboxylic acids is 1. The number of benzene rings is 1. The Morgan fingerprint density at radius 3 is 2.10 bits per heavy atom. The number of amides is 1. The lowest BCUT2D eigenvalue weighted by Gasteiger charge is -2.11. The zero-order chi connectivity index (χ0) is 28.0. The molecule has 2 rings (SSSR count). The van der Waals surface area contributed by atoms with Crippen molar-refractivity contribution in [2.45, 2.75) is 117 Å². The number of unbranched alkanes of at least 4 members (excludes halogenated alkanes) is 13. The van der Waals surface area contributed by atoms with Crippen LogP contribution in [0.4, 0.5) is 0 Å². The van der Waals surface area contributed by atoms with Crippen LogP contribution < -0.4 is 19.4 Å². The molecule has 0 saturated carbocycles. The van der Waals surface area contributed by atoms with Crippen molar-refractivity contribution >= 4 is 17.5 Å². The second kappa shape index (κ2) is 21.5. The Kier molecular flexibility index (Phi) is 18.2. The van der Waals surface area contributed by atoms with Gasteiger partial charge >= 0.3 is 0 Å². The van der Waals surface area contributed by atoms with E-state index in [2.05, 4.69) is 36.0 Å². The molecule has 0 unspecified atom stereocenters. The number of halogens is 1. The zero-order valence-corrected chi connectivity index (χ0v) is 25.3. The number of aryl methyl sites for hydroxylation is 1. The van der Waals surface area contributed by atoms with Crippen LogP contribution in [0.15, 0.2) is 42.7 Å². The summed E-state index contributed by atoms with van der Waals surface area (Å²) in [4.78, 5) is 12.2. The molecule has 6 heteroatoms. The number of hydrogen-bond donors (Lipinski definition) is 1. The Morgan fingerprint density at radius 1 is 0.846 bits per heavy atom. The van der Waals surface area contributed by atoms with Crippen LogP contribution in [0.25, 0.3) is 0 Å². The van der Waals surface area contributed by atoms with Gasteiger partial charge in [-0.1, -0.05) is 102 Å². The molecule has 39 heavy (non-hydrogen) atoms. The molecule has 0 saturated heterocycles. The van der Waals surface area contributed by atoms with Gasteiger partial charge in [-0.2, -0.15) is 0 Å². The number of nitrogens with zero attached hydrogens (tertiary/aromatic N) is 1. The molecule has 0 aliphatic rings. The van der Waals surface area contributed by atoms with E-state index in [1.54, 1.807) is 12.1 Å². The summed E-state index contributed by atoms with van der Waals surface area (Å²) in [5.74, 6) is 1.07. The number of hydrogen-bond acceptors (Lipinski definition) is 3. The maximum atomic E-state index is 12.2. The first kappa shape index (κ1) is 32.9. The SMILES string of the molecule is CCCCCCCCCCCCCCCCOc1ccc(OCC(=O)NCCc2ccc[n+](CC)c2)cc1Cl. The van der Waals surface area contributed by atoms with Gasteiger partial charge in [0, 0.05) is 24.2 Å². The number of aromatic nitrogens is 1. The third-order valence-electron chi connectivity index (χ3n) is 7.05. The number of ether oxygens (including phenoxy) is 2. The monoisotopic (exact) mass is 559 g/mol. The molecule has 218 valence electrons. The molecule has 0 radical (unpaired) electrons. The predicted octanol–water partition coefficient (Wildman–Crippen LogP) is 8.25. The molecule has 5 nitrogen and oxygen atoms in total. The van der Waals surface area contributed by atoms with Gasteiger partial charge in [-0.15, -0.1) is 0 Å². The van der Waals surface area contributed by atoms with Gasteiger partial charge in [0.2, 0.25) is 0 Å². The van der Waals surface area contributed by atoms with Gasteiger partial charge in [0.15, 0.2) is 19.0 Å². The molecular formula is C33H52ClN2O3+. The molecule has 0 fully saturated rings. The highest BCUT2D eigenvalue weighted by molar-refractivity contribution is 6.32. The van der Waals surface area contributed by atoms with Gasteiger partial charge in [0.1, 0.15) is 18.0 Å². The summed E-state index contributed by atoms with van der Waals surface area (Å²) in [7, 11) is 0. The quantitative estimate of drug-likeness (QED) is 0.110. The van der Waals surface area contributed by atoms with E-state index in [1.807, 2.05) is 18.3 Å². The van der Waals surface area contributed by atoms with E-state index in [9.17, 15) is 4.79 Å². The Morgan fingerprint density at radius 2 is 1.49 bits per heavy atom. The van der Waals surface area contributed by atoms with Crippen LogP contribution in [0.3, 0.4) is 0 Å². The number of nitrogens with one attached hydrogen (secondary N) is 1. The van der Waals surface area contributed by atoms with E-state index in [-0.39, 0.29) is 12.5 Å². The number of pyridine rings is 1. The molecule has 0 aliphatic heterocycles. The fourth-order valence-corrected chi connectivity index (χ4v) is 4.86. The van der Waals surface area contributed by atoms with Crippen LogP contribution >= 0.6 is 11.6 Å². The van der Waals surface area contributed by atoms with Crippen LogP contribution in [0.1, 0.15) is 109 Å². The van der Waals surface area contributed by atoms with Crippen LogP contribution in [0.5, 0.6) is 11.5 Å². The minimum atomic E-state index is -0.149. The van der Waals surface area contributed by atoms with Crippen LogP contribution in [-0.2, 0) is 17.8 Å². The lowest BCUT2D eigenvalue weighted by molar-refractivity contribution is -0.694. The molecule has 0 bridgehead atoms. The third-order valence-corrected chi connectivity index (χ3v) is 7.34. The topological polar surface area (TPSA) is 51.4 Å². The van der Waals surface area contributed by atoms with E-state index >= 15 is 0 Å². The number of carbonyl (C=O) groups is 1. The smallest absolute Gasteiger partial charge is 0.257 e. The van der Waals surface area contributed by atoms with Gasteiger partial charge in [-0.3, -0.25) is 4.79 Å². The van der Waals surface area contributed by atoms with Gasteiger partial charge in [-0.05, 0) is 38.0 Å². The minimum Gasteiger partial charge on any atom is -0.492 e. The highest BCUT2D eigenvalue weighted by Gasteiger charge is 2.08. The van der Waals surface area contributed by atoms with Crippen molar-refractivity contribution in [3.63, 3.8) is 0 Å². The Labute approximate surface area is 242 Å². The molecule has 0 atom stereocenters. The molecule has 1 aromatic carbocycles. The van der Waals surface area contributed by atoms with Crippen molar-refractivity contribution in [1.82, 2.24) is 5.32 Å². The normalized spacial score (nSPS) is 10.9. The van der Waals surface area contributed by atoms with Gasteiger partial charge in [0.25, 0.3) is 5.91 Å². The first-order chi connectivity index (χ1) is 19.1. The van der Waals surface area contributed by atoms with Crippen molar-refractivity contribution in [3.05, 3.63) is 53.3 Å². The van der Waals surface area contributed by atoms with E-state index < -0.39 is 0 Å². The summed E-state index contributed by atoms with van der Waals surface area (Å²) in [6.45, 7) is 6.51. The average Bonchev–Trinajstić information content (AvgIpc) is 2.95. The van der Waals surface area contributed by atoms with Crippen molar-refractivity contribution in [1.29, 1.82) is 0 Å². The zero-order valence-electron chi connectivity index (χ0n) is 24.5. The molecular weight excluding hydrogens is 508 g/mol. The highest BCUT2D eigenvalue weighted by Crippen LogP contribution is 2.29. The predicted molar refractivity (Wildman–Crippen MR) is 162 cm³/mol. The van der Waals surface area contributed by atoms with Gasteiger partial charge in [-0.25, -0.2) is 4.57 Å². The summed E-state index contributed by atoms with van der Waals surface area (Å²) in [6.07, 6.45) is 23.7. The fraction of sp³-hybridized carbons (Fsp3) is 0.636. The lowest BCUT2D eigenvalue weighted by atomic mass is 10.0. The summed E-state index contributed by atoms with van der Waals surface area (Å²) >= 11 is 6.38. The van der Waals surface area contributed by atoms with Crippen molar-refractivity contribution in [2.75, 3.05) is 19.8 Å². The highest BCUT2D eigenvalue weighted by atomic mass is 35.5. The third kappa shape index (κ3) is 15.8. The van der Waals surface area contributed by atoms with E-state index in [0.717, 1.165) is 19.4 Å². The molecule has 1 heterocycles. The summed E-state index contributed by atoms with van der Waals surface area (Å²) < 4.78 is 13.6. The molecule has 0 spiro atoms. The largest absolute Gasteiger partial charge is 0.492 e. The maximum Gasteiger partial charge on any atom is 0.257 e. The summed E-state index contributed by atoms with van der Waals surface area (Å²) in [6, 6.07) is 9.43. The van der Waals surface area contributed by atoms with Crippen molar-refractivity contribution in [2.24, 2.45) is 0 Å². The van der Waals surface area contributed by atoms with E-state index in [4.69, 9.17) is 21.1 Å². The Balaban J connectivity index is 1.47. The van der Waals surface area contributed by atoms with Crippen molar-refractivity contribution < 1.29 is 18.8 Å². The Bertz CT molecular complexity index is 922. The molecule has 0 aliphatic carbocycles. The second-order valence-electron chi connectivity index (χ2n) is 10.5. The molecule has 1 amide bonds. The van der Waals surface area contributed by atoms with Crippen LogP contribution in [0, 0.1) is 0 Å². The summed E-state index contributed by atoms with van der Waals surface area (Å²) in [5.41, 5.74) is 1.19. The van der Waals surface area contributed by atoms with Gasteiger partial charge in [0.05, 0.1) is 11.6 Å². The molecule has 1 aromatic heterocycles.